The van der Waals surface area contributed by atoms with Gasteiger partial charge in [0.25, 0.3) is 0 Å². The van der Waals surface area contributed by atoms with Crippen LogP contribution in [0.25, 0.3) is 16.7 Å². The molecule has 3 aromatic carbocycles. The van der Waals surface area contributed by atoms with Crippen molar-refractivity contribution in [3.8, 4) is 11.1 Å². The van der Waals surface area contributed by atoms with Crippen molar-refractivity contribution in [1.82, 2.24) is 0 Å². The Morgan fingerprint density at radius 2 is 0.500 bits per heavy atom. The number of halogens is 2. The molecule has 0 saturated heterocycles. The number of rotatable bonds is 0. The van der Waals surface area contributed by atoms with E-state index in [4.69, 9.17) is 0 Å². The second-order valence-corrected chi connectivity index (χ2v) is 16.0. The quantitative estimate of drug-likeness (QED) is 0.197. The third-order valence-corrected chi connectivity index (χ3v) is 14.4. The molecule has 6 rings (SSSR count). The highest BCUT2D eigenvalue weighted by atomic mass is 128. The zero-order chi connectivity index (χ0) is 38.6. The first-order valence-corrected chi connectivity index (χ1v) is 24.9. The third-order valence-electron chi connectivity index (χ3n) is 14.4. The first kappa shape index (κ1) is 42.8. The molecule has 0 radical (unpaired) electrons. The predicted octanol–water partition coefficient (Wildman–Crippen LogP) is 16.2. The van der Waals surface area contributed by atoms with E-state index in [9.17, 15) is 0 Å². The van der Waals surface area contributed by atoms with Gasteiger partial charge >= 0.3 is 0 Å². The van der Waals surface area contributed by atoms with Crippen LogP contribution in [0, 0.1) is 89.0 Å². The van der Waals surface area contributed by atoms with Gasteiger partial charge < -0.3 is 0 Å². The van der Waals surface area contributed by atoms with Crippen LogP contribution < -0.4 is 0 Å². The molecule has 272 valence electrons. The molecular weight excluding hydrogens is 830 g/mol. The van der Waals surface area contributed by atoms with Crippen molar-refractivity contribution < 1.29 is 0 Å². The van der Waals surface area contributed by atoms with Gasteiger partial charge in [0.2, 0.25) is 0 Å². The summed E-state index contributed by atoms with van der Waals surface area (Å²) in [7, 11) is 0. The van der Waals surface area contributed by atoms with Crippen molar-refractivity contribution in [2.24, 2.45) is 5.92 Å². The Hall–Kier alpha value is -1.66. The van der Waals surface area contributed by atoms with Gasteiger partial charge in [0.05, 0.1) is 0 Å². The molecule has 0 amide bonds. The fourth-order valence-corrected chi connectivity index (χ4v) is 9.22. The molecule has 0 heterocycles. The van der Waals surface area contributed by atoms with Crippen LogP contribution in [-0.2, 0) is 0 Å². The zero-order valence-electron chi connectivity index (χ0n) is 35.5. The molecule has 0 bridgehead atoms. The topological polar surface area (TPSA) is 0 Å². The summed E-state index contributed by atoms with van der Waals surface area (Å²) in [5.41, 5.74) is 36.3. The molecule has 0 aliphatic heterocycles. The molecule has 1 atom stereocenters. The van der Waals surface area contributed by atoms with Crippen molar-refractivity contribution >= 4 is 42.8 Å². The monoisotopic (exact) mass is 896 g/mol. The summed E-state index contributed by atoms with van der Waals surface area (Å²) < 4.78 is 0. The van der Waals surface area contributed by atoms with Crippen molar-refractivity contribution in [1.29, 1.82) is 0 Å². The SMILES string of the molecule is CC1=C(C)C(C)C(C)=C1C.CC1=C(C)C(C)c2c(C)c(C)c(C)c(C)c21.Cc1c(C)c(C)c2c(c1C)-c1c(C)c(C)c(C)c(C)c1C2C.II. The van der Waals surface area contributed by atoms with E-state index in [-0.39, 0.29) is 0 Å². The second-order valence-electron chi connectivity index (χ2n) is 16.0. The van der Waals surface area contributed by atoms with E-state index in [2.05, 4.69) is 183 Å². The standard InChI is InChI=1S/C22H28.C16H22.C10H16.I2/c1-10-12(3)16(7)21-19(14(10)5)18(9)20-15(6)11(2)13(4)17(8)22(20)21;1-8-9(2)12(5)16-14(7)10(3)13(6)15(16)11(8)4;1-6-7(2)9(4)10(5)8(6)3;1-2/h18H,1-9H3;13H,1-7H3;6H,1-5H3;. The lowest BCUT2D eigenvalue weighted by Gasteiger charge is -2.19. The highest BCUT2D eigenvalue weighted by Gasteiger charge is 2.34. The highest BCUT2D eigenvalue weighted by Crippen LogP contribution is 2.53. The normalized spacial score (nSPS) is 16.5. The Morgan fingerprint density at radius 3 is 0.780 bits per heavy atom. The van der Waals surface area contributed by atoms with Gasteiger partial charge in [0.1, 0.15) is 0 Å². The van der Waals surface area contributed by atoms with Gasteiger partial charge in [0.15, 0.2) is 0 Å². The Balaban J connectivity index is 0.000000212. The van der Waals surface area contributed by atoms with Crippen LogP contribution >= 0.6 is 37.2 Å². The highest BCUT2D eigenvalue weighted by molar-refractivity contribution is 15.0. The minimum atomic E-state index is 0.515. The van der Waals surface area contributed by atoms with Crippen LogP contribution in [-0.4, -0.2) is 0 Å². The molecule has 0 nitrogen and oxygen atoms in total. The van der Waals surface area contributed by atoms with E-state index >= 15 is 0 Å². The number of benzene rings is 3. The summed E-state index contributed by atoms with van der Waals surface area (Å²) >= 11 is 4.24. The lowest BCUT2D eigenvalue weighted by Crippen LogP contribution is -2.02. The summed E-state index contributed by atoms with van der Waals surface area (Å²) in [5, 5.41) is 0. The molecule has 50 heavy (non-hydrogen) atoms. The maximum absolute atomic E-state index is 2.40. The Bertz CT molecular complexity index is 1880. The Kier molecular flexibility index (Phi) is 13.8. The van der Waals surface area contributed by atoms with Gasteiger partial charge in [-0.2, -0.15) is 0 Å². The largest absolute Gasteiger partial charge is 0.0632 e. The molecule has 3 aliphatic carbocycles. The molecule has 0 spiro atoms. The second kappa shape index (κ2) is 16.1. The van der Waals surface area contributed by atoms with Crippen LogP contribution in [0.3, 0.4) is 0 Å². The minimum absolute atomic E-state index is 0.515. The summed E-state index contributed by atoms with van der Waals surface area (Å²) in [4.78, 5) is 0. The minimum Gasteiger partial charge on any atom is -0.0632 e. The lowest BCUT2D eigenvalue weighted by molar-refractivity contribution is 0.815. The molecule has 0 aromatic heterocycles. The summed E-state index contributed by atoms with van der Waals surface area (Å²) in [6.45, 7) is 47.9. The van der Waals surface area contributed by atoms with Gasteiger partial charge in [-0.15, -0.1) is 0 Å². The van der Waals surface area contributed by atoms with Crippen molar-refractivity contribution in [2.75, 3.05) is 0 Å². The van der Waals surface area contributed by atoms with E-state index < -0.39 is 0 Å². The number of fused-ring (bicyclic) bond motifs is 4. The number of allylic oxidation sites excluding steroid dienone is 6. The summed E-state index contributed by atoms with van der Waals surface area (Å²) in [6.07, 6.45) is 0. The first-order chi connectivity index (χ1) is 23.1. The zero-order valence-corrected chi connectivity index (χ0v) is 39.8. The fraction of sp³-hybridized carbons (Fsp3) is 0.500. The smallest absolute Gasteiger partial charge is 0.00789 e. The van der Waals surface area contributed by atoms with Gasteiger partial charge in [0, 0.05) is 49.1 Å². The third kappa shape index (κ3) is 6.80. The molecule has 0 fully saturated rings. The van der Waals surface area contributed by atoms with Crippen molar-refractivity contribution in [3.63, 3.8) is 0 Å². The van der Waals surface area contributed by atoms with Crippen molar-refractivity contribution in [3.05, 3.63) is 117 Å². The molecule has 3 aliphatic rings. The molecule has 0 N–H and O–H groups in total. The summed E-state index contributed by atoms with van der Waals surface area (Å²) in [6, 6.07) is 0. The van der Waals surface area contributed by atoms with Gasteiger partial charge in [-0.3, -0.25) is 0 Å². The van der Waals surface area contributed by atoms with E-state index in [0.717, 1.165) is 0 Å². The van der Waals surface area contributed by atoms with Crippen LogP contribution in [0.5, 0.6) is 0 Å². The Labute approximate surface area is 331 Å². The van der Waals surface area contributed by atoms with Crippen LogP contribution in [0.15, 0.2) is 27.9 Å². The maximum Gasteiger partial charge on any atom is 0.00789 e. The van der Waals surface area contributed by atoms with Crippen LogP contribution in [0.4, 0.5) is 0 Å². The van der Waals surface area contributed by atoms with Crippen LogP contribution in [0.1, 0.15) is 163 Å². The lowest BCUT2D eigenvalue weighted by atomic mass is 9.86. The molecule has 0 saturated carbocycles. The average molecular weight is 897 g/mol. The molecule has 3 aromatic rings. The van der Waals surface area contributed by atoms with Gasteiger partial charge in [-0.25, -0.2) is 0 Å². The molecular formula is C48H66I2. The number of hydrogen-bond donors (Lipinski definition) is 0. The molecule has 2 heteroatoms. The van der Waals surface area contributed by atoms with E-state index in [1.807, 2.05) is 0 Å². The fourth-order valence-electron chi connectivity index (χ4n) is 9.22. The van der Waals surface area contributed by atoms with E-state index in [0.29, 0.717) is 17.8 Å². The van der Waals surface area contributed by atoms with E-state index in [1.165, 1.54) is 100 Å². The number of hydrogen-bond acceptors (Lipinski definition) is 0. The molecule has 1 unspecified atom stereocenters. The predicted molar refractivity (Wildman–Crippen MR) is 243 cm³/mol. The van der Waals surface area contributed by atoms with Gasteiger partial charge in [-0.05, 0) is 247 Å². The Morgan fingerprint density at radius 1 is 0.260 bits per heavy atom. The van der Waals surface area contributed by atoms with Crippen molar-refractivity contribution in [2.45, 2.75) is 157 Å². The first-order valence-electron chi connectivity index (χ1n) is 18.6. The maximum atomic E-state index is 2.40. The van der Waals surface area contributed by atoms with E-state index in [1.54, 1.807) is 33.4 Å². The summed E-state index contributed by atoms with van der Waals surface area (Å²) in [5.74, 6) is 1.81. The van der Waals surface area contributed by atoms with Gasteiger partial charge in [-0.1, -0.05) is 37.5 Å². The van der Waals surface area contributed by atoms with Crippen LogP contribution in [0.2, 0.25) is 0 Å². The average Bonchev–Trinajstić information content (AvgIpc) is 3.60.